The van der Waals surface area contributed by atoms with Gasteiger partial charge < -0.3 is 10.1 Å². The third kappa shape index (κ3) is 3.81. The van der Waals surface area contributed by atoms with Crippen LogP contribution in [0.4, 0.5) is 0 Å². The molecule has 1 aliphatic heterocycles. The summed E-state index contributed by atoms with van der Waals surface area (Å²) >= 11 is 3.47. The second-order valence-corrected chi connectivity index (χ2v) is 5.98. The lowest BCUT2D eigenvalue weighted by molar-refractivity contribution is -0.00165. The lowest BCUT2D eigenvalue weighted by atomic mass is 9.99. The van der Waals surface area contributed by atoms with Crippen LogP contribution in [-0.2, 0) is 4.74 Å². The maximum Gasteiger partial charge on any atom is 0.0587 e. The number of rotatable bonds is 4. The molecule has 1 saturated heterocycles. The van der Waals surface area contributed by atoms with Gasteiger partial charge in [-0.1, -0.05) is 35.0 Å². The molecule has 2 nitrogen and oxygen atoms in total. The van der Waals surface area contributed by atoms with Gasteiger partial charge in [-0.25, -0.2) is 0 Å². The molecular weight excluding hydrogens is 290 g/mol. The lowest BCUT2D eigenvalue weighted by Gasteiger charge is -2.31. The maximum absolute atomic E-state index is 5.71. The van der Waals surface area contributed by atoms with Crippen molar-refractivity contribution in [2.24, 2.45) is 0 Å². The van der Waals surface area contributed by atoms with E-state index in [1.807, 2.05) is 0 Å². The van der Waals surface area contributed by atoms with Crippen molar-refractivity contribution in [2.75, 3.05) is 6.61 Å². The molecule has 1 aliphatic rings. The third-order valence-electron chi connectivity index (χ3n) is 3.68. The van der Waals surface area contributed by atoms with Crippen LogP contribution in [-0.4, -0.2) is 18.8 Å². The summed E-state index contributed by atoms with van der Waals surface area (Å²) in [4.78, 5) is 0. The summed E-state index contributed by atoms with van der Waals surface area (Å²) in [6.07, 6.45) is 3.81. The van der Waals surface area contributed by atoms with Gasteiger partial charge in [0.15, 0.2) is 0 Å². The quantitative estimate of drug-likeness (QED) is 0.905. The first-order valence-electron chi connectivity index (χ1n) is 6.82. The predicted octanol–water partition coefficient (Wildman–Crippen LogP) is 4.06. The number of halogens is 1. The van der Waals surface area contributed by atoms with Gasteiger partial charge in [-0.3, -0.25) is 0 Å². The van der Waals surface area contributed by atoms with Crippen molar-refractivity contribution in [3.8, 4) is 0 Å². The highest BCUT2D eigenvalue weighted by Crippen LogP contribution is 2.21. The van der Waals surface area contributed by atoms with Gasteiger partial charge in [-0.15, -0.1) is 0 Å². The number of hydrogen-bond acceptors (Lipinski definition) is 2. The molecule has 1 aromatic carbocycles. The molecule has 0 saturated carbocycles. The van der Waals surface area contributed by atoms with E-state index in [1.165, 1.54) is 5.56 Å². The first-order chi connectivity index (χ1) is 8.69. The van der Waals surface area contributed by atoms with Crippen LogP contribution in [0.5, 0.6) is 0 Å². The summed E-state index contributed by atoms with van der Waals surface area (Å²) in [5.74, 6) is 0. The standard InChI is InChI=1S/C15H22BrNO/c1-3-15-10-14(8-9-18-15)17-11(2)12-4-6-13(16)7-5-12/h4-7,11,14-15,17H,3,8-10H2,1-2H3/t11-,14?,15?/m0/s1. The Bertz CT molecular complexity index is 365. The summed E-state index contributed by atoms with van der Waals surface area (Å²) in [6, 6.07) is 9.55. The summed E-state index contributed by atoms with van der Waals surface area (Å²) in [5, 5.41) is 3.72. The van der Waals surface area contributed by atoms with Crippen molar-refractivity contribution in [2.45, 2.75) is 51.3 Å². The Morgan fingerprint density at radius 1 is 1.39 bits per heavy atom. The molecule has 18 heavy (non-hydrogen) atoms. The topological polar surface area (TPSA) is 21.3 Å². The highest BCUT2D eigenvalue weighted by Gasteiger charge is 2.22. The minimum absolute atomic E-state index is 0.402. The van der Waals surface area contributed by atoms with Gasteiger partial charge in [-0.05, 0) is 43.9 Å². The zero-order valence-electron chi connectivity index (χ0n) is 11.2. The van der Waals surface area contributed by atoms with Crippen LogP contribution < -0.4 is 5.32 Å². The molecule has 100 valence electrons. The van der Waals surface area contributed by atoms with Gasteiger partial charge in [0.2, 0.25) is 0 Å². The Morgan fingerprint density at radius 3 is 2.78 bits per heavy atom. The molecular formula is C15H22BrNO. The Kier molecular flexibility index (Phi) is 5.22. The zero-order valence-corrected chi connectivity index (χ0v) is 12.7. The van der Waals surface area contributed by atoms with Crippen LogP contribution in [0.2, 0.25) is 0 Å². The summed E-state index contributed by atoms with van der Waals surface area (Å²) in [5.41, 5.74) is 1.35. The first-order valence-corrected chi connectivity index (χ1v) is 7.61. The Morgan fingerprint density at radius 2 is 2.11 bits per heavy atom. The molecule has 3 heteroatoms. The third-order valence-corrected chi connectivity index (χ3v) is 4.21. The zero-order chi connectivity index (χ0) is 13.0. The molecule has 1 N–H and O–H groups in total. The summed E-state index contributed by atoms with van der Waals surface area (Å²) in [7, 11) is 0. The fourth-order valence-electron chi connectivity index (χ4n) is 2.52. The van der Waals surface area contributed by atoms with E-state index in [-0.39, 0.29) is 0 Å². The van der Waals surface area contributed by atoms with Gasteiger partial charge in [0.1, 0.15) is 0 Å². The highest BCUT2D eigenvalue weighted by molar-refractivity contribution is 9.10. The smallest absolute Gasteiger partial charge is 0.0587 e. The second-order valence-electron chi connectivity index (χ2n) is 5.06. The molecule has 1 aromatic rings. The van der Waals surface area contributed by atoms with Gasteiger partial charge in [-0.2, -0.15) is 0 Å². The molecule has 0 amide bonds. The average Bonchev–Trinajstić information content (AvgIpc) is 2.39. The van der Waals surface area contributed by atoms with Gasteiger partial charge in [0, 0.05) is 23.2 Å². The lowest BCUT2D eigenvalue weighted by Crippen LogP contribution is -2.39. The van der Waals surface area contributed by atoms with Crippen LogP contribution >= 0.6 is 15.9 Å². The van der Waals surface area contributed by atoms with Crippen LogP contribution in [0.25, 0.3) is 0 Å². The van der Waals surface area contributed by atoms with Crippen molar-refractivity contribution in [3.63, 3.8) is 0 Å². The van der Waals surface area contributed by atoms with E-state index >= 15 is 0 Å². The van der Waals surface area contributed by atoms with Crippen LogP contribution in [0.15, 0.2) is 28.7 Å². The van der Waals surface area contributed by atoms with E-state index in [9.17, 15) is 0 Å². The molecule has 0 radical (unpaired) electrons. The van der Waals surface area contributed by atoms with E-state index in [2.05, 4.69) is 59.4 Å². The molecule has 0 aromatic heterocycles. The van der Waals surface area contributed by atoms with Crippen LogP contribution in [0, 0.1) is 0 Å². The van der Waals surface area contributed by atoms with Crippen molar-refractivity contribution in [3.05, 3.63) is 34.3 Å². The maximum atomic E-state index is 5.71. The van der Waals surface area contributed by atoms with Crippen molar-refractivity contribution < 1.29 is 4.74 Å². The van der Waals surface area contributed by atoms with E-state index < -0.39 is 0 Å². The van der Waals surface area contributed by atoms with Crippen LogP contribution in [0.3, 0.4) is 0 Å². The summed E-state index contributed by atoms with van der Waals surface area (Å²) in [6.45, 7) is 5.33. The van der Waals surface area contributed by atoms with E-state index in [1.54, 1.807) is 0 Å². The van der Waals surface area contributed by atoms with Gasteiger partial charge in [0.25, 0.3) is 0 Å². The van der Waals surface area contributed by atoms with E-state index in [4.69, 9.17) is 4.74 Å². The normalized spacial score (nSPS) is 25.9. The van der Waals surface area contributed by atoms with Gasteiger partial charge in [0.05, 0.1) is 6.10 Å². The molecule has 0 aliphatic carbocycles. The fraction of sp³-hybridized carbons (Fsp3) is 0.600. The highest BCUT2D eigenvalue weighted by atomic mass is 79.9. The minimum Gasteiger partial charge on any atom is -0.378 e. The van der Waals surface area contributed by atoms with Gasteiger partial charge >= 0.3 is 0 Å². The monoisotopic (exact) mass is 311 g/mol. The first kappa shape index (κ1) is 14.0. The van der Waals surface area contributed by atoms with Crippen molar-refractivity contribution in [1.82, 2.24) is 5.32 Å². The Balaban J connectivity index is 1.90. The molecule has 2 rings (SSSR count). The molecule has 1 heterocycles. The van der Waals surface area contributed by atoms with Crippen LogP contribution in [0.1, 0.15) is 44.7 Å². The van der Waals surface area contributed by atoms with Crippen molar-refractivity contribution >= 4 is 15.9 Å². The number of hydrogen-bond donors (Lipinski definition) is 1. The molecule has 3 atom stereocenters. The van der Waals surface area contributed by atoms with E-state index in [0.29, 0.717) is 18.2 Å². The number of benzene rings is 1. The fourth-order valence-corrected chi connectivity index (χ4v) is 2.78. The number of ether oxygens (including phenoxy) is 1. The summed E-state index contributed by atoms with van der Waals surface area (Å²) < 4.78 is 6.85. The van der Waals surface area contributed by atoms with Crippen molar-refractivity contribution in [1.29, 1.82) is 0 Å². The molecule has 2 unspecified atom stereocenters. The molecule has 0 bridgehead atoms. The van der Waals surface area contributed by atoms with E-state index in [0.717, 1.165) is 30.3 Å². The Hall–Kier alpha value is -0.380. The number of nitrogens with one attached hydrogen (secondary N) is 1. The average molecular weight is 312 g/mol. The molecule has 1 fully saturated rings. The largest absolute Gasteiger partial charge is 0.378 e. The minimum atomic E-state index is 0.402. The molecule has 0 spiro atoms. The second kappa shape index (κ2) is 6.69. The SMILES string of the molecule is CCC1CC(N[C@@H](C)c2ccc(Br)cc2)CCO1. The Labute approximate surface area is 118 Å². The predicted molar refractivity (Wildman–Crippen MR) is 78.7 cm³/mol.